The number of halogens is 1. The summed E-state index contributed by atoms with van der Waals surface area (Å²) >= 11 is 0. The van der Waals surface area contributed by atoms with E-state index in [9.17, 15) is 0 Å². The third-order valence-electron chi connectivity index (χ3n) is 6.52. The molecule has 1 aromatic heterocycles. The molecule has 2 aromatic rings. The highest BCUT2D eigenvalue weighted by atomic mass is 19.1. The molecule has 0 spiro atoms. The van der Waals surface area contributed by atoms with Gasteiger partial charge in [-0.1, -0.05) is 12.2 Å². The van der Waals surface area contributed by atoms with Gasteiger partial charge in [0.15, 0.2) is 0 Å². The summed E-state index contributed by atoms with van der Waals surface area (Å²) in [6, 6.07) is 5.31. The van der Waals surface area contributed by atoms with Gasteiger partial charge in [-0.05, 0) is 90.6 Å². The van der Waals surface area contributed by atoms with Gasteiger partial charge in [0.1, 0.15) is 5.82 Å². The third kappa shape index (κ3) is 5.42. The van der Waals surface area contributed by atoms with Crippen molar-refractivity contribution in [3.63, 3.8) is 0 Å². The molecule has 0 amide bonds. The van der Waals surface area contributed by atoms with Crippen molar-refractivity contribution < 1.29 is 4.39 Å². The molecule has 0 radical (unpaired) electrons. The van der Waals surface area contributed by atoms with Gasteiger partial charge in [0.2, 0.25) is 0 Å². The largest absolute Gasteiger partial charge is 0.308 e. The molecule has 0 unspecified atom stereocenters. The number of rotatable bonds is 6. The van der Waals surface area contributed by atoms with E-state index in [4.69, 9.17) is 0 Å². The van der Waals surface area contributed by atoms with E-state index in [0.29, 0.717) is 28.1 Å². The molecule has 1 saturated heterocycles. The second-order valence-corrected chi connectivity index (χ2v) is 9.89. The van der Waals surface area contributed by atoms with Crippen LogP contribution in [0.3, 0.4) is 0 Å². The van der Waals surface area contributed by atoms with Crippen LogP contribution in [0.1, 0.15) is 50.8 Å². The van der Waals surface area contributed by atoms with E-state index in [1.165, 1.54) is 0 Å². The molecule has 0 saturated carbocycles. The number of allylic oxidation sites excluding steroid dienone is 3. The summed E-state index contributed by atoms with van der Waals surface area (Å²) in [4.78, 5) is 4.70. The maximum Gasteiger partial charge on any atom is 0.133 e. The first-order valence-corrected chi connectivity index (χ1v) is 12.0. The van der Waals surface area contributed by atoms with E-state index in [2.05, 4.69) is 45.8 Å². The second-order valence-electron chi connectivity index (χ2n) is 9.89. The predicted octanol–water partition coefficient (Wildman–Crippen LogP) is 4.91. The van der Waals surface area contributed by atoms with Gasteiger partial charge in [0, 0.05) is 36.2 Å². The molecule has 6 nitrogen and oxygen atoms in total. The van der Waals surface area contributed by atoms with E-state index >= 15 is 4.39 Å². The van der Waals surface area contributed by atoms with Crippen molar-refractivity contribution >= 4 is 16.6 Å². The minimum atomic E-state index is -0.293. The van der Waals surface area contributed by atoms with Crippen LogP contribution in [0.2, 0.25) is 0 Å². The number of hydrogen-bond donors (Lipinski definition) is 0. The number of piperidine rings is 1. The van der Waals surface area contributed by atoms with Gasteiger partial charge in [-0.25, -0.2) is 9.40 Å². The topological polar surface area (TPSA) is 47.9 Å². The molecular formula is C27H35FN6. The first kappa shape index (κ1) is 24.2. The maximum absolute atomic E-state index is 15.3. The van der Waals surface area contributed by atoms with Gasteiger partial charge in [0.05, 0.1) is 22.6 Å². The Morgan fingerprint density at radius 2 is 1.91 bits per heavy atom. The molecule has 3 heterocycles. The minimum Gasteiger partial charge on any atom is -0.308 e. The average molecular weight is 463 g/mol. The maximum atomic E-state index is 15.3. The first-order chi connectivity index (χ1) is 16.2. The van der Waals surface area contributed by atoms with Crippen LogP contribution in [0.4, 0.5) is 4.39 Å². The summed E-state index contributed by atoms with van der Waals surface area (Å²) in [6.07, 6.45) is 5.91. The van der Waals surface area contributed by atoms with E-state index < -0.39 is 0 Å². The SMILES string of the molecule is C=C1C(C)=CC(c2cc(F)c3cc(C4CCN(CCN(C)C)CC4)nnc3c2)=NN1C=C(C)C. The van der Waals surface area contributed by atoms with Crippen LogP contribution in [0, 0.1) is 5.82 Å². The van der Waals surface area contributed by atoms with Gasteiger partial charge in [-0.3, -0.25) is 0 Å². The van der Waals surface area contributed by atoms with Crippen molar-refractivity contribution in [1.29, 1.82) is 0 Å². The summed E-state index contributed by atoms with van der Waals surface area (Å²) in [5.74, 6) is 0.0301. The Morgan fingerprint density at radius 1 is 1.18 bits per heavy atom. The normalized spacial score (nSPS) is 17.9. The number of nitrogens with zero attached hydrogens (tertiary/aromatic N) is 6. The molecule has 2 aliphatic rings. The standard InChI is InChI=1S/C27H35FN6/c1-18(2)17-34-20(4)19(3)13-26(31-34)22-14-24(28)23-16-25(29-30-27(23)15-22)21-7-9-33(10-8-21)12-11-32(5)6/h13-17,21H,4,7-12H2,1-3,5-6H3. The molecule has 1 aromatic carbocycles. The quantitative estimate of drug-likeness (QED) is 0.610. The van der Waals surface area contributed by atoms with E-state index in [0.717, 1.165) is 61.6 Å². The number of benzene rings is 1. The van der Waals surface area contributed by atoms with Gasteiger partial charge in [0.25, 0.3) is 0 Å². The summed E-state index contributed by atoms with van der Waals surface area (Å²) in [5.41, 5.74) is 5.70. The third-order valence-corrected chi connectivity index (χ3v) is 6.52. The minimum absolute atomic E-state index is 0.293. The summed E-state index contributed by atoms with van der Waals surface area (Å²) in [7, 11) is 4.21. The van der Waals surface area contributed by atoms with Crippen molar-refractivity contribution in [1.82, 2.24) is 25.0 Å². The van der Waals surface area contributed by atoms with Crippen LogP contribution >= 0.6 is 0 Å². The molecule has 180 valence electrons. The monoisotopic (exact) mass is 462 g/mol. The predicted molar refractivity (Wildman–Crippen MR) is 137 cm³/mol. The number of hydrazone groups is 1. The highest BCUT2D eigenvalue weighted by molar-refractivity contribution is 6.11. The zero-order valence-electron chi connectivity index (χ0n) is 21.0. The molecule has 0 N–H and O–H groups in total. The van der Waals surface area contributed by atoms with Gasteiger partial charge in [-0.15, -0.1) is 0 Å². The summed E-state index contributed by atoms with van der Waals surface area (Å²) in [6.45, 7) is 14.3. The summed E-state index contributed by atoms with van der Waals surface area (Å²) in [5, 5.41) is 15.9. The molecule has 0 aliphatic carbocycles. The zero-order valence-corrected chi connectivity index (χ0v) is 21.0. The Kier molecular flexibility index (Phi) is 7.24. The van der Waals surface area contributed by atoms with Crippen LogP contribution in [0.5, 0.6) is 0 Å². The van der Waals surface area contributed by atoms with Crippen molar-refractivity contribution in [2.45, 2.75) is 39.5 Å². The lowest BCUT2D eigenvalue weighted by molar-refractivity contribution is 0.192. The molecular weight excluding hydrogens is 427 g/mol. The van der Waals surface area contributed by atoms with Crippen LogP contribution in [-0.4, -0.2) is 71.0 Å². The van der Waals surface area contributed by atoms with Crippen molar-refractivity contribution in [2.75, 3.05) is 40.3 Å². The van der Waals surface area contributed by atoms with Gasteiger partial charge in [-0.2, -0.15) is 15.3 Å². The fourth-order valence-electron chi connectivity index (χ4n) is 4.43. The van der Waals surface area contributed by atoms with Crippen molar-refractivity contribution in [2.24, 2.45) is 5.10 Å². The highest BCUT2D eigenvalue weighted by Crippen LogP contribution is 2.30. The van der Waals surface area contributed by atoms with E-state index in [1.807, 2.05) is 45.2 Å². The van der Waals surface area contributed by atoms with Crippen LogP contribution < -0.4 is 0 Å². The lowest BCUT2D eigenvalue weighted by atomic mass is 9.92. The van der Waals surface area contributed by atoms with Crippen molar-refractivity contribution in [3.05, 3.63) is 71.0 Å². The van der Waals surface area contributed by atoms with Crippen LogP contribution in [-0.2, 0) is 0 Å². The van der Waals surface area contributed by atoms with Gasteiger partial charge >= 0.3 is 0 Å². The zero-order chi connectivity index (χ0) is 24.4. The number of likely N-dealkylation sites (N-methyl/N-ethyl adjacent to an activating group) is 1. The Hall–Kier alpha value is -2.90. The summed E-state index contributed by atoms with van der Waals surface area (Å²) < 4.78 is 15.3. The molecule has 2 aliphatic heterocycles. The smallest absolute Gasteiger partial charge is 0.133 e. The van der Waals surface area contributed by atoms with Crippen molar-refractivity contribution in [3.8, 4) is 0 Å². The number of fused-ring (bicyclic) bond motifs is 1. The molecule has 4 rings (SSSR count). The van der Waals surface area contributed by atoms with E-state index in [-0.39, 0.29) is 5.82 Å². The lowest BCUT2D eigenvalue weighted by Gasteiger charge is -2.32. The molecule has 7 heteroatoms. The van der Waals surface area contributed by atoms with Crippen LogP contribution in [0.25, 0.3) is 10.9 Å². The lowest BCUT2D eigenvalue weighted by Crippen LogP contribution is -2.37. The Labute approximate surface area is 202 Å². The molecule has 34 heavy (non-hydrogen) atoms. The number of hydrogen-bond acceptors (Lipinski definition) is 6. The molecule has 0 bridgehead atoms. The van der Waals surface area contributed by atoms with Crippen LogP contribution in [0.15, 0.2) is 59.0 Å². The fourth-order valence-corrected chi connectivity index (χ4v) is 4.43. The second kappa shape index (κ2) is 10.2. The fraction of sp³-hybridized carbons (Fsp3) is 0.444. The average Bonchev–Trinajstić information content (AvgIpc) is 2.80. The Bertz CT molecular complexity index is 1170. The Balaban J connectivity index is 1.56. The Morgan fingerprint density at radius 3 is 2.59 bits per heavy atom. The van der Waals surface area contributed by atoms with E-state index in [1.54, 1.807) is 11.1 Å². The molecule has 0 atom stereocenters. The molecule has 1 fully saturated rings. The number of aromatic nitrogens is 2. The van der Waals surface area contributed by atoms with Gasteiger partial charge < -0.3 is 9.80 Å². The highest BCUT2D eigenvalue weighted by Gasteiger charge is 2.23. The number of likely N-dealkylation sites (tertiary alicyclic amines) is 1. The first-order valence-electron chi connectivity index (χ1n) is 12.0.